The summed E-state index contributed by atoms with van der Waals surface area (Å²) in [5, 5.41) is 15.1. The van der Waals surface area contributed by atoms with E-state index in [9.17, 15) is 0 Å². The van der Waals surface area contributed by atoms with Gasteiger partial charge in [0.05, 0.1) is 23.9 Å². The third-order valence-corrected chi connectivity index (χ3v) is 2.62. The molecule has 86 valence electrons. The van der Waals surface area contributed by atoms with Gasteiger partial charge in [-0.1, -0.05) is 13.0 Å². The number of hydrogen-bond acceptors (Lipinski definition) is 5. The molecule has 0 unspecified atom stereocenters. The van der Waals surface area contributed by atoms with Gasteiger partial charge in [-0.2, -0.15) is 5.10 Å². The number of nitrogens with one attached hydrogen (secondary N) is 1. The minimum atomic E-state index is 0.448. The second-order valence-corrected chi connectivity index (χ2v) is 3.85. The van der Waals surface area contributed by atoms with Gasteiger partial charge in [0.2, 0.25) is 0 Å². The van der Waals surface area contributed by atoms with E-state index in [1.54, 1.807) is 18.5 Å². The summed E-state index contributed by atoms with van der Waals surface area (Å²) in [5.74, 6) is 0. The van der Waals surface area contributed by atoms with Crippen molar-refractivity contribution in [1.29, 1.82) is 5.41 Å². The summed E-state index contributed by atoms with van der Waals surface area (Å²) in [6.45, 7) is 1.99. The Morgan fingerprint density at radius 2 is 2.50 bits per heavy atom. The molecular weight excluding hydrogens is 222 g/mol. The molecule has 0 fully saturated rings. The number of thiophene rings is 1. The van der Waals surface area contributed by atoms with Crippen molar-refractivity contribution < 1.29 is 4.84 Å². The van der Waals surface area contributed by atoms with Crippen LogP contribution in [0.3, 0.4) is 0 Å². The van der Waals surface area contributed by atoms with Gasteiger partial charge in [0.25, 0.3) is 0 Å². The van der Waals surface area contributed by atoms with Crippen molar-refractivity contribution in [2.24, 2.45) is 5.10 Å². The van der Waals surface area contributed by atoms with E-state index in [4.69, 9.17) is 10.2 Å². The zero-order chi connectivity index (χ0) is 11.8. The number of hydrogen-bond donors (Lipinski definition) is 1. The molecular formula is C11H15N3OS. The van der Waals surface area contributed by atoms with Crippen LogP contribution in [0.5, 0.6) is 0 Å². The quantitative estimate of drug-likeness (QED) is 0.611. The molecule has 0 aromatic carbocycles. The van der Waals surface area contributed by atoms with E-state index in [1.165, 1.54) is 23.6 Å². The Hall–Kier alpha value is -1.46. The summed E-state index contributed by atoms with van der Waals surface area (Å²) in [6.07, 6.45) is 5.86. The molecule has 1 aromatic heterocycles. The standard InChI is InChI=1S/C11H15N3OS/c1-3-7-13-14(15-2)8-6-10(12)11-5-4-9-16-11/h4-9,12H,3H2,1-2H3/b8-6-,12-10?,13-7-. The van der Waals surface area contributed by atoms with Crippen LogP contribution in [0.15, 0.2) is 34.9 Å². The highest BCUT2D eigenvalue weighted by molar-refractivity contribution is 7.12. The van der Waals surface area contributed by atoms with E-state index in [0.717, 1.165) is 11.3 Å². The smallest absolute Gasteiger partial charge is 0.0728 e. The van der Waals surface area contributed by atoms with Crippen molar-refractivity contribution in [2.45, 2.75) is 13.3 Å². The minimum Gasteiger partial charge on any atom is -0.299 e. The number of hydroxylamine groups is 1. The van der Waals surface area contributed by atoms with Gasteiger partial charge in [0, 0.05) is 6.21 Å². The van der Waals surface area contributed by atoms with Gasteiger partial charge in [-0.05, 0) is 23.9 Å². The summed E-state index contributed by atoms with van der Waals surface area (Å²) in [5.41, 5.74) is 0.448. The van der Waals surface area contributed by atoms with E-state index in [1.807, 2.05) is 24.4 Å². The molecule has 0 aliphatic heterocycles. The van der Waals surface area contributed by atoms with Crippen LogP contribution in [0.1, 0.15) is 18.2 Å². The lowest BCUT2D eigenvalue weighted by atomic mass is 10.3. The third-order valence-electron chi connectivity index (χ3n) is 1.72. The van der Waals surface area contributed by atoms with Gasteiger partial charge in [-0.25, -0.2) is 0 Å². The molecule has 1 N–H and O–H groups in total. The first-order chi connectivity index (χ1) is 7.77. The number of rotatable bonds is 6. The van der Waals surface area contributed by atoms with Crippen molar-refractivity contribution in [1.82, 2.24) is 5.17 Å². The second-order valence-electron chi connectivity index (χ2n) is 2.90. The second kappa shape index (κ2) is 6.92. The highest BCUT2D eigenvalue weighted by Crippen LogP contribution is 2.09. The highest BCUT2D eigenvalue weighted by atomic mass is 32.1. The molecule has 0 bridgehead atoms. The summed E-state index contributed by atoms with van der Waals surface area (Å²) in [6, 6.07) is 3.83. The Labute approximate surface area is 99.3 Å². The average Bonchev–Trinajstić information content (AvgIpc) is 2.82. The lowest BCUT2D eigenvalue weighted by Crippen LogP contribution is -2.08. The minimum absolute atomic E-state index is 0.448. The Kier molecular flexibility index (Phi) is 5.45. The maximum absolute atomic E-state index is 7.78. The maximum Gasteiger partial charge on any atom is 0.0728 e. The fraction of sp³-hybridized carbons (Fsp3) is 0.273. The Morgan fingerprint density at radius 3 is 3.06 bits per heavy atom. The normalized spacial score (nSPS) is 11.4. The molecule has 16 heavy (non-hydrogen) atoms. The molecule has 0 spiro atoms. The van der Waals surface area contributed by atoms with Gasteiger partial charge in [0.1, 0.15) is 0 Å². The van der Waals surface area contributed by atoms with Crippen LogP contribution in [-0.2, 0) is 4.84 Å². The van der Waals surface area contributed by atoms with Gasteiger partial charge < -0.3 is 0 Å². The fourth-order valence-electron chi connectivity index (χ4n) is 0.961. The van der Waals surface area contributed by atoms with E-state index >= 15 is 0 Å². The topological polar surface area (TPSA) is 48.7 Å². The summed E-state index contributed by atoms with van der Waals surface area (Å²) in [7, 11) is 1.53. The molecule has 1 rings (SSSR count). The van der Waals surface area contributed by atoms with E-state index in [-0.39, 0.29) is 0 Å². The number of nitrogens with zero attached hydrogens (tertiary/aromatic N) is 2. The van der Waals surface area contributed by atoms with Crippen molar-refractivity contribution in [2.75, 3.05) is 7.11 Å². The largest absolute Gasteiger partial charge is 0.299 e. The zero-order valence-corrected chi connectivity index (χ0v) is 10.2. The Balaban J connectivity index is 2.57. The lowest BCUT2D eigenvalue weighted by Gasteiger charge is -2.09. The molecule has 0 radical (unpaired) electrons. The fourth-order valence-corrected chi connectivity index (χ4v) is 1.62. The molecule has 0 amide bonds. The third kappa shape index (κ3) is 3.96. The van der Waals surface area contributed by atoms with Crippen molar-refractivity contribution in [3.63, 3.8) is 0 Å². The van der Waals surface area contributed by atoms with Crippen LogP contribution in [-0.4, -0.2) is 24.2 Å². The van der Waals surface area contributed by atoms with Crippen LogP contribution in [0.25, 0.3) is 0 Å². The summed E-state index contributed by atoms with van der Waals surface area (Å²) < 4.78 is 0. The van der Waals surface area contributed by atoms with Gasteiger partial charge in [-0.3, -0.25) is 10.2 Å². The average molecular weight is 237 g/mol. The number of allylic oxidation sites excluding steroid dienone is 1. The molecule has 1 aromatic rings. The predicted octanol–water partition coefficient (Wildman–Crippen LogP) is 2.89. The van der Waals surface area contributed by atoms with Crippen LogP contribution in [0.2, 0.25) is 0 Å². The lowest BCUT2D eigenvalue weighted by molar-refractivity contribution is -0.0858. The Morgan fingerprint density at radius 1 is 1.69 bits per heavy atom. The maximum atomic E-state index is 7.78. The Bertz CT molecular complexity index is 371. The number of hydrazone groups is 1. The molecule has 1 heterocycles. The first-order valence-corrected chi connectivity index (χ1v) is 5.82. The van der Waals surface area contributed by atoms with Gasteiger partial charge >= 0.3 is 0 Å². The van der Waals surface area contributed by atoms with Gasteiger partial charge in [0.15, 0.2) is 0 Å². The highest BCUT2D eigenvalue weighted by Gasteiger charge is 1.98. The van der Waals surface area contributed by atoms with Crippen molar-refractivity contribution >= 4 is 23.3 Å². The van der Waals surface area contributed by atoms with E-state index in [2.05, 4.69) is 5.10 Å². The molecule has 0 saturated carbocycles. The van der Waals surface area contributed by atoms with Crippen LogP contribution in [0.4, 0.5) is 0 Å². The molecule has 0 aliphatic carbocycles. The molecule has 0 saturated heterocycles. The molecule has 5 heteroatoms. The van der Waals surface area contributed by atoms with Crippen LogP contribution in [0, 0.1) is 5.41 Å². The molecule has 0 atom stereocenters. The van der Waals surface area contributed by atoms with Gasteiger partial charge in [-0.15, -0.1) is 16.5 Å². The first-order valence-electron chi connectivity index (χ1n) is 4.94. The first kappa shape index (κ1) is 12.6. The summed E-state index contributed by atoms with van der Waals surface area (Å²) in [4.78, 5) is 5.90. The van der Waals surface area contributed by atoms with Crippen LogP contribution < -0.4 is 0 Å². The predicted molar refractivity (Wildman–Crippen MR) is 67.9 cm³/mol. The van der Waals surface area contributed by atoms with E-state index in [0.29, 0.717) is 5.71 Å². The van der Waals surface area contributed by atoms with Crippen molar-refractivity contribution in [3.8, 4) is 0 Å². The monoisotopic (exact) mass is 237 g/mol. The zero-order valence-electron chi connectivity index (χ0n) is 9.38. The van der Waals surface area contributed by atoms with E-state index < -0.39 is 0 Å². The van der Waals surface area contributed by atoms with Crippen molar-refractivity contribution in [3.05, 3.63) is 34.7 Å². The van der Waals surface area contributed by atoms with Crippen LogP contribution >= 0.6 is 11.3 Å². The molecule has 4 nitrogen and oxygen atoms in total. The summed E-state index contributed by atoms with van der Waals surface area (Å²) >= 11 is 1.53. The molecule has 0 aliphatic rings. The SMILES string of the molecule is CC/C=N\N(/C=C\C(=N)c1cccs1)OC.